The lowest BCUT2D eigenvalue weighted by molar-refractivity contribution is 0.290. The number of ether oxygens (including phenoxy) is 1. The highest BCUT2D eigenvalue weighted by molar-refractivity contribution is 5.34. The maximum atomic E-state index is 6.54. The van der Waals surface area contributed by atoms with Gasteiger partial charge in [-0.2, -0.15) is 0 Å². The van der Waals surface area contributed by atoms with Gasteiger partial charge < -0.3 is 10.5 Å². The van der Waals surface area contributed by atoms with E-state index in [1.54, 1.807) is 0 Å². The van der Waals surface area contributed by atoms with Crippen molar-refractivity contribution in [3.63, 3.8) is 0 Å². The van der Waals surface area contributed by atoms with Crippen LogP contribution in [0.1, 0.15) is 50.5 Å². The molecule has 0 spiro atoms. The molecule has 2 nitrogen and oxygen atoms in total. The molecule has 0 radical (unpaired) electrons. The summed E-state index contributed by atoms with van der Waals surface area (Å²) >= 11 is 0. The standard InChI is InChI=1S/C15H21NO/c16-15(9-2-1-3-10-15)12-5-4-6-14(11-12)17-13-7-8-13/h4-6,11,13H,1-3,7-10,16H2. The largest absolute Gasteiger partial charge is 0.490 e. The van der Waals surface area contributed by atoms with Crippen molar-refractivity contribution >= 4 is 0 Å². The van der Waals surface area contributed by atoms with Gasteiger partial charge in [-0.05, 0) is 43.4 Å². The molecule has 3 rings (SSSR count). The predicted octanol–water partition coefficient (Wildman–Crippen LogP) is 3.35. The molecule has 0 aromatic heterocycles. The molecule has 2 aliphatic rings. The van der Waals surface area contributed by atoms with Gasteiger partial charge in [-0.25, -0.2) is 0 Å². The molecule has 17 heavy (non-hydrogen) atoms. The van der Waals surface area contributed by atoms with E-state index in [-0.39, 0.29) is 5.54 Å². The maximum Gasteiger partial charge on any atom is 0.120 e. The fourth-order valence-electron chi connectivity index (χ4n) is 2.73. The Kier molecular flexibility index (Phi) is 2.83. The molecule has 2 aliphatic carbocycles. The molecule has 0 heterocycles. The van der Waals surface area contributed by atoms with Crippen LogP contribution < -0.4 is 10.5 Å². The van der Waals surface area contributed by atoms with Crippen molar-refractivity contribution in [1.82, 2.24) is 0 Å². The number of rotatable bonds is 3. The van der Waals surface area contributed by atoms with Gasteiger partial charge in [0.25, 0.3) is 0 Å². The summed E-state index contributed by atoms with van der Waals surface area (Å²) in [6.07, 6.45) is 8.94. The third-order valence-electron chi connectivity index (χ3n) is 3.98. The molecule has 0 amide bonds. The van der Waals surface area contributed by atoms with E-state index in [1.165, 1.54) is 37.7 Å². The van der Waals surface area contributed by atoms with E-state index in [0.717, 1.165) is 18.6 Å². The fourth-order valence-corrected chi connectivity index (χ4v) is 2.73. The highest BCUT2D eigenvalue weighted by Crippen LogP contribution is 2.36. The highest BCUT2D eigenvalue weighted by atomic mass is 16.5. The normalized spacial score (nSPS) is 23.4. The highest BCUT2D eigenvalue weighted by Gasteiger charge is 2.30. The second-order valence-electron chi connectivity index (χ2n) is 5.56. The van der Waals surface area contributed by atoms with Crippen LogP contribution in [-0.2, 0) is 5.54 Å². The summed E-state index contributed by atoms with van der Waals surface area (Å²) in [6.45, 7) is 0. The molecule has 0 unspecified atom stereocenters. The summed E-state index contributed by atoms with van der Waals surface area (Å²) in [4.78, 5) is 0. The van der Waals surface area contributed by atoms with Gasteiger partial charge in [-0.1, -0.05) is 31.4 Å². The van der Waals surface area contributed by atoms with E-state index in [0.29, 0.717) is 6.10 Å². The zero-order valence-electron chi connectivity index (χ0n) is 10.3. The van der Waals surface area contributed by atoms with Crippen LogP contribution in [0.5, 0.6) is 5.75 Å². The molecular formula is C15H21NO. The molecule has 0 atom stereocenters. The monoisotopic (exact) mass is 231 g/mol. The van der Waals surface area contributed by atoms with E-state index >= 15 is 0 Å². The number of nitrogens with two attached hydrogens (primary N) is 1. The van der Waals surface area contributed by atoms with Crippen LogP contribution in [0.3, 0.4) is 0 Å². The molecule has 1 aromatic rings. The van der Waals surface area contributed by atoms with Gasteiger partial charge in [0.1, 0.15) is 5.75 Å². The van der Waals surface area contributed by atoms with Gasteiger partial charge in [0.2, 0.25) is 0 Å². The van der Waals surface area contributed by atoms with E-state index in [9.17, 15) is 0 Å². The zero-order valence-corrected chi connectivity index (χ0v) is 10.3. The molecular weight excluding hydrogens is 210 g/mol. The van der Waals surface area contributed by atoms with Gasteiger partial charge in [0.15, 0.2) is 0 Å². The lowest BCUT2D eigenvalue weighted by atomic mass is 9.77. The third kappa shape index (κ3) is 2.47. The molecule has 2 N–H and O–H groups in total. The Labute approximate surface area is 103 Å². The minimum atomic E-state index is -0.110. The van der Waals surface area contributed by atoms with Crippen LogP contribution in [0.2, 0.25) is 0 Å². The van der Waals surface area contributed by atoms with E-state index < -0.39 is 0 Å². The summed E-state index contributed by atoms with van der Waals surface area (Å²) in [6, 6.07) is 8.44. The van der Waals surface area contributed by atoms with E-state index in [1.807, 2.05) is 6.07 Å². The Balaban J connectivity index is 1.80. The molecule has 2 heteroatoms. The summed E-state index contributed by atoms with van der Waals surface area (Å²) in [5.41, 5.74) is 7.69. The van der Waals surface area contributed by atoms with Crippen molar-refractivity contribution in [2.45, 2.75) is 56.6 Å². The fraction of sp³-hybridized carbons (Fsp3) is 0.600. The van der Waals surface area contributed by atoms with Crippen LogP contribution in [0, 0.1) is 0 Å². The second-order valence-corrected chi connectivity index (χ2v) is 5.56. The number of hydrogen-bond acceptors (Lipinski definition) is 2. The van der Waals surface area contributed by atoms with Crippen molar-refractivity contribution in [3.8, 4) is 5.75 Å². The van der Waals surface area contributed by atoms with Crippen LogP contribution in [-0.4, -0.2) is 6.10 Å². The van der Waals surface area contributed by atoms with Crippen molar-refractivity contribution in [1.29, 1.82) is 0 Å². The third-order valence-corrected chi connectivity index (χ3v) is 3.98. The first-order chi connectivity index (χ1) is 8.26. The van der Waals surface area contributed by atoms with Crippen molar-refractivity contribution in [3.05, 3.63) is 29.8 Å². The van der Waals surface area contributed by atoms with Gasteiger partial charge in [-0.3, -0.25) is 0 Å². The molecule has 0 saturated heterocycles. The predicted molar refractivity (Wildman–Crippen MR) is 69.0 cm³/mol. The van der Waals surface area contributed by atoms with Gasteiger partial charge >= 0.3 is 0 Å². The molecule has 2 saturated carbocycles. The van der Waals surface area contributed by atoms with Crippen molar-refractivity contribution < 1.29 is 4.74 Å². The van der Waals surface area contributed by atoms with Crippen molar-refractivity contribution in [2.24, 2.45) is 5.73 Å². The Bertz CT molecular complexity index is 392. The quantitative estimate of drug-likeness (QED) is 0.866. The lowest BCUT2D eigenvalue weighted by Crippen LogP contribution is -2.38. The number of hydrogen-bond donors (Lipinski definition) is 1. The smallest absolute Gasteiger partial charge is 0.120 e. The first-order valence-electron chi connectivity index (χ1n) is 6.82. The van der Waals surface area contributed by atoms with Crippen LogP contribution >= 0.6 is 0 Å². The van der Waals surface area contributed by atoms with Gasteiger partial charge in [-0.15, -0.1) is 0 Å². The van der Waals surface area contributed by atoms with Crippen LogP contribution in [0.4, 0.5) is 0 Å². The molecule has 1 aromatic carbocycles. The Hall–Kier alpha value is -1.02. The first-order valence-corrected chi connectivity index (χ1v) is 6.82. The van der Waals surface area contributed by atoms with Crippen LogP contribution in [0.15, 0.2) is 24.3 Å². The molecule has 0 aliphatic heterocycles. The van der Waals surface area contributed by atoms with E-state index in [4.69, 9.17) is 10.5 Å². The minimum absolute atomic E-state index is 0.110. The van der Waals surface area contributed by atoms with Gasteiger partial charge in [0.05, 0.1) is 6.10 Å². The van der Waals surface area contributed by atoms with E-state index in [2.05, 4.69) is 18.2 Å². The number of benzene rings is 1. The summed E-state index contributed by atoms with van der Waals surface area (Å²) in [7, 11) is 0. The molecule has 0 bridgehead atoms. The summed E-state index contributed by atoms with van der Waals surface area (Å²) < 4.78 is 5.85. The topological polar surface area (TPSA) is 35.2 Å². The lowest BCUT2D eigenvalue weighted by Gasteiger charge is -2.34. The summed E-state index contributed by atoms with van der Waals surface area (Å²) in [5.74, 6) is 1.00. The average Bonchev–Trinajstić information content (AvgIpc) is 3.14. The second kappa shape index (κ2) is 4.34. The minimum Gasteiger partial charge on any atom is -0.490 e. The Morgan fingerprint density at radius 1 is 1.12 bits per heavy atom. The maximum absolute atomic E-state index is 6.54. The van der Waals surface area contributed by atoms with Crippen molar-refractivity contribution in [2.75, 3.05) is 0 Å². The molecule has 92 valence electrons. The van der Waals surface area contributed by atoms with Crippen LogP contribution in [0.25, 0.3) is 0 Å². The average molecular weight is 231 g/mol. The Morgan fingerprint density at radius 3 is 2.59 bits per heavy atom. The first kappa shape index (κ1) is 11.1. The van der Waals surface area contributed by atoms with Gasteiger partial charge in [0, 0.05) is 5.54 Å². The molecule has 2 fully saturated rings. The zero-order chi connectivity index (χ0) is 11.7. The Morgan fingerprint density at radius 2 is 1.88 bits per heavy atom. The SMILES string of the molecule is NC1(c2cccc(OC3CC3)c2)CCCCC1. The summed E-state index contributed by atoms with van der Waals surface area (Å²) in [5, 5.41) is 0.